The molecule has 0 radical (unpaired) electrons. The minimum atomic E-state index is -0.0706. The summed E-state index contributed by atoms with van der Waals surface area (Å²) in [4.78, 5) is 11.1. The molecule has 0 aliphatic rings. The third kappa shape index (κ3) is 11.2. The Hall–Kier alpha value is -0.690. The maximum atomic E-state index is 11.1. The quantitative estimate of drug-likeness (QED) is 0.384. The Morgan fingerprint density at radius 1 is 1.27 bits per heavy atom. The summed E-state index contributed by atoms with van der Waals surface area (Å²) in [5, 5.41) is 14.0. The van der Waals surface area contributed by atoms with Gasteiger partial charge in [0.1, 0.15) is 0 Å². The molecule has 1 amide bonds. The SMILES string of the molecule is COCCNCC(=O)NCCOCCO. The van der Waals surface area contributed by atoms with E-state index in [4.69, 9.17) is 14.6 Å². The maximum absolute atomic E-state index is 11.1. The fourth-order valence-electron chi connectivity index (χ4n) is 0.868. The summed E-state index contributed by atoms with van der Waals surface area (Å²) in [6.45, 7) is 2.73. The first-order valence-electron chi connectivity index (χ1n) is 4.96. The van der Waals surface area contributed by atoms with Gasteiger partial charge in [-0.1, -0.05) is 0 Å². The Bertz CT molecular complexity index is 155. The number of rotatable bonds is 10. The first kappa shape index (κ1) is 14.3. The topological polar surface area (TPSA) is 79.8 Å². The van der Waals surface area contributed by atoms with Gasteiger partial charge < -0.3 is 25.2 Å². The molecule has 0 rings (SSSR count). The van der Waals surface area contributed by atoms with E-state index in [0.717, 1.165) is 0 Å². The van der Waals surface area contributed by atoms with Crippen molar-refractivity contribution in [3.63, 3.8) is 0 Å². The number of carbonyl (C=O) groups excluding carboxylic acids is 1. The van der Waals surface area contributed by atoms with Gasteiger partial charge in [0.25, 0.3) is 0 Å². The highest BCUT2D eigenvalue weighted by atomic mass is 16.5. The summed E-state index contributed by atoms with van der Waals surface area (Å²) in [5.74, 6) is -0.0706. The number of aliphatic hydroxyl groups excluding tert-OH is 1. The standard InChI is InChI=1S/C9H20N2O4/c1-14-5-2-10-8-9(13)11-3-6-15-7-4-12/h10,12H,2-8H2,1H3,(H,11,13). The van der Waals surface area contributed by atoms with Crippen molar-refractivity contribution in [1.82, 2.24) is 10.6 Å². The minimum Gasteiger partial charge on any atom is -0.394 e. The van der Waals surface area contributed by atoms with Gasteiger partial charge in [-0.15, -0.1) is 0 Å². The molecule has 0 spiro atoms. The molecule has 0 aromatic heterocycles. The zero-order valence-electron chi connectivity index (χ0n) is 9.12. The molecule has 15 heavy (non-hydrogen) atoms. The number of nitrogens with one attached hydrogen (secondary N) is 2. The van der Waals surface area contributed by atoms with E-state index in [1.165, 1.54) is 0 Å². The van der Waals surface area contributed by atoms with Gasteiger partial charge in [-0.2, -0.15) is 0 Å². The second-order valence-corrected chi connectivity index (χ2v) is 2.86. The third-order valence-electron chi connectivity index (χ3n) is 1.57. The molecule has 0 unspecified atom stereocenters. The van der Waals surface area contributed by atoms with Crippen LogP contribution in [0.3, 0.4) is 0 Å². The molecule has 0 saturated carbocycles. The van der Waals surface area contributed by atoms with Crippen LogP contribution >= 0.6 is 0 Å². The summed E-state index contributed by atoms with van der Waals surface area (Å²) in [7, 11) is 1.61. The number of hydrogen-bond acceptors (Lipinski definition) is 5. The monoisotopic (exact) mass is 220 g/mol. The van der Waals surface area contributed by atoms with E-state index in [1.807, 2.05) is 0 Å². The largest absolute Gasteiger partial charge is 0.394 e. The van der Waals surface area contributed by atoms with Crippen molar-refractivity contribution in [2.75, 3.05) is 53.2 Å². The molecule has 6 nitrogen and oxygen atoms in total. The van der Waals surface area contributed by atoms with Crippen LogP contribution in [-0.4, -0.2) is 64.2 Å². The normalized spacial score (nSPS) is 10.3. The first-order chi connectivity index (χ1) is 7.31. The molecule has 0 fully saturated rings. The van der Waals surface area contributed by atoms with Crippen LogP contribution in [0.25, 0.3) is 0 Å². The van der Waals surface area contributed by atoms with E-state index in [2.05, 4.69) is 10.6 Å². The van der Waals surface area contributed by atoms with Crippen LogP contribution in [0.1, 0.15) is 0 Å². The fourth-order valence-corrected chi connectivity index (χ4v) is 0.868. The second kappa shape index (κ2) is 11.4. The average molecular weight is 220 g/mol. The summed E-state index contributed by atoms with van der Waals surface area (Å²) in [6, 6.07) is 0. The van der Waals surface area contributed by atoms with E-state index < -0.39 is 0 Å². The summed E-state index contributed by atoms with van der Waals surface area (Å²) in [5.41, 5.74) is 0. The number of amides is 1. The van der Waals surface area contributed by atoms with E-state index in [1.54, 1.807) is 7.11 Å². The van der Waals surface area contributed by atoms with Crippen LogP contribution in [-0.2, 0) is 14.3 Å². The van der Waals surface area contributed by atoms with Gasteiger partial charge in [0.15, 0.2) is 0 Å². The van der Waals surface area contributed by atoms with Gasteiger partial charge in [0.2, 0.25) is 5.91 Å². The maximum Gasteiger partial charge on any atom is 0.234 e. The molecule has 0 aromatic rings. The summed E-state index contributed by atoms with van der Waals surface area (Å²) in [6.07, 6.45) is 0. The Morgan fingerprint density at radius 3 is 2.73 bits per heavy atom. The second-order valence-electron chi connectivity index (χ2n) is 2.86. The smallest absolute Gasteiger partial charge is 0.234 e. The number of hydrogen-bond donors (Lipinski definition) is 3. The lowest BCUT2D eigenvalue weighted by Gasteiger charge is -2.06. The van der Waals surface area contributed by atoms with Crippen molar-refractivity contribution in [3.05, 3.63) is 0 Å². The van der Waals surface area contributed by atoms with Crippen molar-refractivity contribution < 1.29 is 19.4 Å². The molecule has 6 heteroatoms. The lowest BCUT2D eigenvalue weighted by molar-refractivity contribution is -0.120. The zero-order valence-corrected chi connectivity index (χ0v) is 9.12. The van der Waals surface area contributed by atoms with Gasteiger partial charge in [0, 0.05) is 20.2 Å². The molecule has 0 bridgehead atoms. The van der Waals surface area contributed by atoms with Crippen LogP contribution in [0.15, 0.2) is 0 Å². The zero-order chi connectivity index (χ0) is 11.4. The van der Waals surface area contributed by atoms with Gasteiger partial charge in [0.05, 0.1) is 33.0 Å². The van der Waals surface area contributed by atoms with Gasteiger partial charge in [-0.3, -0.25) is 4.79 Å². The minimum absolute atomic E-state index is 0.00647. The molecule has 0 aliphatic carbocycles. The molecule has 0 aromatic carbocycles. The number of aliphatic hydroxyl groups is 1. The van der Waals surface area contributed by atoms with E-state index in [0.29, 0.717) is 32.9 Å². The average Bonchev–Trinajstić information content (AvgIpc) is 2.24. The highest BCUT2D eigenvalue weighted by molar-refractivity contribution is 5.77. The van der Waals surface area contributed by atoms with E-state index in [9.17, 15) is 4.79 Å². The Balaban J connectivity index is 3.11. The Kier molecular flexibility index (Phi) is 10.9. The first-order valence-corrected chi connectivity index (χ1v) is 4.96. The van der Waals surface area contributed by atoms with Gasteiger partial charge >= 0.3 is 0 Å². The van der Waals surface area contributed by atoms with Crippen molar-refractivity contribution in [2.24, 2.45) is 0 Å². The van der Waals surface area contributed by atoms with Crippen LogP contribution in [0, 0.1) is 0 Å². The van der Waals surface area contributed by atoms with Crippen LogP contribution in [0.4, 0.5) is 0 Å². The number of methoxy groups -OCH3 is 1. The predicted octanol–water partition coefficient (Wildman–Crippen LogP) is -1.65. The number of carbonyl (C=O) groups is 1. The summed E-state index contributed by atoms with van der Waals surface area (Å²) < 4.78 is 9.78. The lowest BCUT2D eigenvalue weighted by Crippen LogP contribution is -2.36. The highest BCUT2D eigenvalue weighted by Crippen LogP contribution is 1.72. The predicted molar refractivity (Wildman–Crippen MR) is 55.7 cm³/mol. The molecular formula is C9H20N2O4. The molecule has 3 N–H and O–H groups in total. The Labute approximate surface area is 89.9 Å². The molecule has 0 atom stereocenters. The molecule has 90 valence electrons. The molecular weight excluding hydrogens is 200 g/mol. The molecule has 0 aliphatic heterocycles. The van der Waals surface area contributed by atoms with Crippen LogP contribution in [0.5, 0.6) is 0 Å². The molecule has 0 saturated heterocycles. The third-order valence-corrected chi connectivity index (χ3v) is 1.57. The van der Waals surface area contributed by atoms with Crippen molar-refractivity contribution in [1.29, 1.82) is 0 Å². The van der Waals surface area contributed by atoms with Crippen molar-refractivity contribution in [3.8, 4) is 0 Å². The van der Waals surface area contributed by atoms with Crippen molar-refractivity contribution >= 4 is 5.91 Å². The lowest BCUT2D eigenvalue weighted by atomic mass is 10.5. The van der Waals surface area contributed by atoms with Gasteiger partial charge in [-0.25, -0.2) is 0 Å². The molecule has 0 heterocycles. The van der Waals surface area contributed by atoms with E-state index in [-0.39, 0.29) is 19.1 Å². The van der Waals surface area contributed by atoms with E-state index >= 15 is 0 Å². The van der Waals surface area contributed by atoms with Gasteiger partial charge in [-0.05, 0) is 0 Å². The number of ether oxygens (including phenoxy) is 2. The Morgan fingerprint density at radius 2 is 2.07 bits per heavy atom. The summed E-state index contributed by atoms with van der Waals surface area (Å²) >= 11 is 0. The van der Waals surface area contributed by atoms with Crippen LogP contribution in [0.2, 0.25) is 0 Å². The highest BCUT2D eigenvalue weighted by Gasteiger charge is 1.98. The van der Waals surface area contributed by atoms with Crippen molar-refractivity contribution in [2.45, 2.75) is 0 Å². The fraction of sp³-hybridized carbons (Fsp3) is 0.889. The van der Waals surface area contributed by atoms with Crippen LogP contribution < -0.4 is 10.6 Å².